The molecule has 11 heteroatoms. The van der Waals surface area contributed by atoms with Crippen LogP contribution in [0.5, 0.6) is 0 Å². The first-order chi connectivity index (χ1) is 16.4. The standard InChI is InChI=1S/C18H22FN3O3S2.C5H11NO/c1-3-24-12(2)5-4-10-25-22-16(13-6-8-14(26)9-7-13)17(23)21-18-20-11-15(19)27-18;6-5-1-3-7-4-2-5/h6-9,11-12,26H,3-5,10H2,1-2H3,(H,20,21,23);5H,1-4,6H2/b22-16+;. The molecular weight excluding hydrogens is 479 g/mol. The number of aromatic nitrogens is 1. The van der Waals surface area contributed by atoms with Gasteiger partial charge in [0.05, 0.1) is 12.3 Å². The fourth-order valence-electron chi connectivity index (χ4n) is 2.94. The Hall–Kier alpha value is -2.05. The van der Waals surface area contributed by atoms with Crippen LogP contribution in [-0.2, 0) is 19.1 Å². The number of hydrogen-bond donors (Lipinski definition) is 3. The third-order valence-electron chi connectivity index (χ3n) is 4.77. The predicted molar refractivity (Wildman–Crippen MR) is 135 cm³/mol. The van der Waals surface area contributed by atoms with Crippen molar-refractivity contribution in [3.63, 3.8) is 0 Å². The third kappa shape index (κ3) is 10.9. The quantitative estimate of drug-likeness (QED) is 0.190. The minimum Gasteiger partial charge on any atom is -0.395 e. The molecule has 1 aliphatic rings. The van der Waals surface area contributed by atoms with E-state index in [1.807, 2.05) is 13.8 Å². The molecule has 34 heavy (non-hydrogen) atoms. The molecule has 1 aromatic carbocycles. The summed E-state index contributed by atoms with van der Waals surface area (Å²) in [7, 11) is 0. The van der Waals surface area contributed by atoms with Crippen molar-refractivity contribution in [2.45, 2.75) is 56.6 Å². The van der Waals surface area contributed by atoms with E-state index in [2.05, 4.69) is 28.1 Å². The number of nitrogens with two attached hydrogens (primary N) is 1. The normalized spacial score (nSPS) is 15.3. The zero-order valence-electron chi connectivity index (χ0n) is 19.5. The smallest absolute Gasteiger partial charge is 0.280 e. The molecule has 1 amide bonds. The van der Waals surface area contributed by atoms with Gasteiger partial charge in [-0.3, -0.25) is 10.1 Å². The first kappa shape index (κ1) is 28.2. The fourth-order valence-corrected chi connectivity index (χ4v) is 3.63. The molecule has 3 rings (SSSR count). The number of ether oxygens (including phenoxy) is 2. The average molecular weight is 513 g/mol. The average Bonchev–Trinajstić information content (AvgIpc) is 3.22. The monoisotopic (exact) mass is 512 g/mol. The van der Waals surface area contributed by atoms with E-state index in [0.29, 0.717) is 24.8 Å². The highest BCUT2D eigenvalue weighted by Crippen LogP contribution is 2.17. The van der Waals surface area contributed by atoms with E-state index in [0.717, 1.165) is 61.3 Å². The van der Waals surface area contributed by atoms with Gasteiger partial charge in [-0.1, -0.05) is 28.6 Å². The van der Waals surface area contributed by atoms with Gasteiger partial charge in [0.1, 0.15) is 6.61 Å². The maximum absolute atomic E-state index is 13.1. The highest BCUT2D eigenvalue weighted by Gasteiger charge is 2.17. The maximum Gasteiger partial charge on any atom is 0.280 e. The van der Waals surface area contributed by atoms with Crippen LogP contribution in [0.3, 0.4) is 0 Å². The van der Waals surface area contributed by atoms with E-state index >= 15 is 0 Å². The maximum atomic E-state index is 13.1. The van der Waals surface area contributed by atoms with E-state index in [4.69, 9.17) is 20.0 Å². The van der Waals surface area contributed by atoms with Crippen LogP contribution in [0.1, 0.15) is 45.1 Å². The molecule has 188 valence electrons. The molecule has 0 aliphatic carbocycles. The Kier molecular flexibility index (Phi) is 13.1. The molecule has 2 aromatic rings. The molecule has 0 spiro atoms. The molecule has 1 aliphatic heterocycles. The zero-order chi connectivity index (χ0) is 24.8. The molecule has 1 unspecified atom stereocenters. The second-order valence-electron chi connectivity index (χ2n) is 7.60. The molecular formula is C23H33FN4O4S2. The molecule has 0 radical (unpaired) electrons. The largest absolute Gasteiger partial charge is 0.395 e. The van der Waals surface area contributed by atoms with Crippen LogP contribution in [0.15, 0.2) is 40.5 Å². The number of halogens is 1. The summed E-state index contributed by atoms with van der Waals surface area (Å²) in [5.74, 6) is -0.529. The number of benzene rings is 1. The summed E-state index contributed by atoms with van der Waals surface area (Å²) >= 11 is 4.98. The van der Waals surface area contributed by atoms with Crippen molar-refractivity contribution in [1.82, 2.24) is 4.98 Å². The van der Waals surface area contributed by atoms with E-state index < -0.39 is 11.0 Å². The number of anilines is 1. The summed E-state index contributed by atoms with van der Waals surface area (Å²) in [6, 6.07) is 7.32. The number of amides is 1. The first-order valence-electron chi connectivity index (χ1n) is 11.3. The Labute approximate surface area is 209 Å². The molecule has 0 bridgehead atoms. The SMILES string of the molecule is CCOC(C)CCCO/N=C(/C(=O)Nc1ncc(F)s1)c1ccc(S)cc1.NC1CCOCC1. The van der Waals surface area contributed by atoms with Crippen molar-refractivity contribution < 1.29 is 23.5 Å². The van der Waals surface area contributed by atoms with Crippen molar-refractivity contribution in [2.24, 2.45) is 10.9 Å². The summed E-state index contributed by atoms with van der Waals surface area (Å²) in [5.41, 5.74) is 6.20. The second-order valence-corrected chi connectivity index (χ2v) is 9.10. The molecule has 1 fully saturated rings. The minimum atomic E-state index is -0.529. The lowest BCUT2D eigenvalue weighted by Crippen LogP contribution is -2.28. The molecule has 1 atom stereocenters. The van der Waals surface area contributed by atoms with Crippen molar-refractivity contribution in [2.75, 3.05) is 31.7 Å². The van der Waals surface area contributed by atoms with Crippen LogP contribution in [0.25, 0.3) is 0 Å². The Morgan fingerprint density at radius 3 is 2.65 bits per heavy atom. The fraction of sp³-hybridized carbons (Fsp3) is 0.522. The van der Waals surface area contributed by atoms with E-state index in [-0.39, 0.29) is 16.9 Å². The summed E-state index contributed by atoms with van der Waals surface area (Å²) in [6.45, 7) is 6.69. The van der Waals surface area contributed by atoms with Crippen LogP contribution in [0.2, 0.25) is 0 Å². The van der Waals surface area contributed by atoms with Gasteiger partial charge in [-0.25, -0.2) is 4.98 Å². The number of nitrogens with zero attached hydrogens (tertiary/aromatic N) is 2. The Morgan fingerprint density at radius 2 is 2.09 bits per heavy atom. The third-order valence-corrected chi connectivity index (χ3v) is 5.77. The Bertz CT molecular complexity index is 889. The van der Waals surface area contributed by atoms with E-state index in [1.165, 1.54) is 0 Å². The molecule has 8 nitrogen and oxygen atoms in total. The lowest BCUT2D eigenvalue weighted by molar-refractivity contribution is -0.110. The first-order valence-corrected chi connectivity index (χ1v) is 12.5. The van der Waals surface area contributed by atoms with Crippen LogP contribution in [-0.4, -0.2) is 55.2 Å². The topological polar surface area (TPSA) is 108 Å². The molecule has 0 saturated carbocycles. The number of carbonyl (C=O) groups excluding carboxylic acids is 1. The van der Waals surface area contributed by atoms with Gasteiger partial charge in [-0.05, 0) is 51.7 Å². The van der Waals surface area contributed by atoms with E-state index in [1.54, 1.807) is 24.3 Å². The zero-order valence-corrected chi connectivity index (χ0v) is 21.2. The van der Waals surface area contributed by atoms with Crippen molar-refractivity contribution >= 4 is 40.7 Å². The van der Waals surface area contributed by atoms with Crippen LogP contribution in [0, 0.1) is 5.13 Å². The number of rotatable bonds is 10. The summed E-state index contributed by atoms with van der Waals surface area (Å²) in [4.78, 5) is 22.4. The molecule has 2 heterocycles. The summed E-state index contributed by atoms with van der Waals surface area (Å²) in [5, 5.41) is 6.19. The van der Waals surface area contributed by atoms with Crippen molar-refractivity contribution in [3.8, 4) is 0 Å². The summed E-state index contributed by atoms with van der Waals surface area (Å²) < 4.78 is 23.6. The van der Waals surface area contributed by atoms with Gasteiger partial charge in [0.25, 0.3) is 5.91 Å². The lowest BCUT2D eigenvalue weighted by Gasteiger charge is -2.16. The number of oxime groups is 1. The van der Waals surface area contributed by atoms with E-state index in [9.17, 15) is 9.18 Å². The van der Waals surface area contributed by atoms with Crippen LogP contribution in [0.4, 0.5) is 9.52 Å². The van der Waals surface area contributed by atoms with Crippen molar-refractivity contribution in [1.29, 1.82) is 0 Å². The molecule has 1 saturated heterocycles. The Morgan fingerprint density at radius 1 is 1.38 bits per heavy atom. The number of thiol groups is 1. The van der Waals surface area contributed by atoms with Crippen LogP contribution < -0.4 is 11.1 Å². The van der Waals surface area contributed by atoms with Gasteiger partial charge in [0.15, 0.2) is 16.0 Å². The van der Waals surface area contributed by atoms with Crippen molar-refractivity contribution in [3.05, 3.63) is 41.2 Å². The van der Waals surface area contributed by atoms with Gasteiger partial charge < -0.3 is 20.0 Å². The highest BCUT2D eigenvalue weighted by atomic mass is 32.1. The minimum absolute atomic E-state index is 0.0804. The second kappa shape index (κ2) is 15.8. The van der Waals surface area contributed by atoms with Gasteiger partial charge in [0.2, 0.25) is 0 Å². The van der Waals surface area contributed by atoms with Gasteiger partial charge >= 0.3 is 0 Å². The number of hydrogen-bond acceptors (Lipinski definition) is 9. The van der Waals surface area contributed by atoms with Crippen LogP contribution >= 0.6 is 24.0 Å². The Balaban J connectivity index is 0.000000497. The van der Waals surface area contributed by atoms with Gasteiger partial charge in [-0.15, -0.1) is 12.6 Å². The van der Waals surface area contributed by atoms with Gasteiger partial charge in [-0.2, -0.15) is 4.39 Å². The lowest BCUT2D eigenvalue weighted by atomic mass is 10.1. The highest BCUT2D eigenvalue weighted by molar-refractivity contribution is 7.80. The molecule has 3 N–H and O–H groups in total. The van der Waals surface area contributed by atoms with Gasteiger partial charge in [0, 0.05) is 36.3 Å². The number of carbonyl (C=O) groups is 1. The predicted octanol–water partition coefficient (Wildman–Crippen LogP) is 4.26. The number of thiazole rings is 1. The number of nitrogens with one attached hydrogen (secondary N) is 1. The molecule has 1 aromatic heterocycles. The summed E-state index contributed by atoms with van der Waals surface area (Å²) in [6.07, 6.45) is 4.85.